The maximum Gasteiger partial charge on any atom is 0.264 e. The Labute approximate surface area is 145 Å². The summed E-state index contributed by atoms with van der Waals surface area (Å²) < 4.78 is 5.60. The molecule has 23 heavy (non-hydrogen) atoms. The van der Waals surface area contributed by atoms with E-state index < -0.39 is 0 Å². The molecule has 0 radical (unpaired) electrons. The third-order valence-electron chi connectivity index (χ3n) is 3.73. The third-order valence-corrected chi connectivity index (χ3v) is 5.28. The number of rotatable bonds is 3. The van der Waals surface area contributed by atoms with Crippen LogP contribution in [0.1, 0.15) is 13.3 Å². The number of para-hydroxylation sites is 2. The predicted molar refractivity (Wildman–Crippen MR) is 95.7 cm³/mol. The van der Waals surface area contributed by atoms with Crippen molar-refractivity contribution in [1.29, 1.82) is 0 Å². The molecule has 120 valence electrons. The van der Waals surface area contributed by atoms with E-state index in [1.54, 1.807) is 12.1 Å². The number of hydrogen-bond acceptors (Lipinski definition) is 3. The maximum atomic E-state index is 12.7. The second-order valence-electron chi connectivity index (χ2n) is 5.45. The lowest BCUT2D eigenvalue weighted by Crippen LogP contribution is -2.36. The second-order valence-corrected chi connectivity index (χ2v) is 7.34. The molecule has 0 N–H and O–H groups in total. The zero-order chi connectivity index (χ0) is 16.2. The molecule has 0 unspecified atom stereocenters. The molecule has 3 rings (SSSR count). The van der Waals surface area contributed by atoms with Crippen molar-refractivity contribution in [2.75, 3.05) is 18.1 Å². The Morgan fingerprint density at radius 2 is 2.00 bits per heavy atom. The van der Waals surface area contributed by atoms with Crippen LogP contribution in [0.15, 0.2) is 53.4 Å². The molecule has 0 bridgehead atoms. The quantitative estimate of drug-likeness (QED) is 0.810. The molecule has 5 heteroatoms. The van der Waals surface area contributed by atoms with Gasteiger partial charge in [-0.05, 0) is 30.7 Å². The largest absolute Gasteiger partial charge is 0.482 e. The van der Waals surface area contributed by atoms with Gasteiger partial charge in [-0.25, -0.2) is 0 Å². The van der Waals surface area contributed by atoms with Gasteiger partial charge in [0, 0.05) is 16.7 Å². The Hall–Kier alpha value is -1.65. The Bertz CT molecular complexity index is 707. The lowest BCUT2D eigenvalue weighted by atomic mass is 10.2. The second kappa shape index (κ2) is 7.28. The number of hydrogen-bond donors (Lipinski definition) is 0. The monoisotopic (exact) mass is 347 g/mol. The average Bonchev–Trinajstić information content (AvgIpc) is 2.72. The minimum atomic E-state index is -0.0490. The first-order valence-electron chi connectivity index (χ1n) is 7.58. The van der Waals surface area contributed by atoms with Crippen LogP contribution in [-0.4, -0.2) is 24.3 Å². The van der Waals surface area contributed by atoms with Crippen molar-refractivity contribution in [3.05, 3.63) is 53.6 Å². The van der Waals surface area contributed by atoms with E-state index in [4.69, 9.17) is 16.3 Å². The van der Waals surface area contributed by atoms with E-state index in [0.29, 0.717) is 22.6 Å². The number of anilines is 1. The Morgan fingerprint density at radius 3 is 2.83 bits per heavy atom. The highest BCUT2D eigenvalue weighted by molar-refractivity contribution is 8.00. The fourth-order valence-electron chi connectivity index (χ4n) is 2.53. The number of amides is 1. The number of benzene rings is 2. The van der Waals surface area contributed by atoms with Gasteiger partial charge in [0.05, 0.1) is 10.7 Å². The molecule has 1 atom stereocenters. The molecular weight excluding hydrogens is 330 g/mol. The first-order chi connectivity index (χ1) is 11.1. The molecule has 0 aliphatic carbocycles. The summed E-state index contributed by atoms with van der Waals surface area (Å²) in [6, 6.07) is 15.2. The summed E-state index contributed by atoms with van der Waals surface area (Å²) in [5, 5.41) is 0.999. The number of nitrogens with zero attached hydrogens (tertiary/aromatic N) is 1. The minimum absolute atomic E-state index is 0.0168. The number of carbonyl (C=O) groups excluding carboxylic acids is 1. The summed E-state index contributed by atoms with van der Waals surface area (Å²) in [6.45, 7) is 2.88. The van der Waals surface area contributed by atoms with E-state index in [1.165, 1.54) is 0 Å². The number of thioether (sulfide) groups is 1. The van der Waals surface area contributed by atoms with Gasteiger partial charge in [-0.3, -0.25) is 4.79 Å². The van der Waals surface area contributed by atoms with Gasteiger partial charge in [0.1, 0.15) is 5.75 Å². The van der Waals surface area contributed by atoms with Gasteiger partial charge >= 0.3 is 0 Å². The van der Waals surface area contributed by atoms with Crippen molar-refractivity contribution in [2.24, 2.45) is 0 Å². The van der Waals surface area contributed by atoms with Crippen LogP contribution >= 0.6 is 23.4 Å². The van der Waals surface area contributed by atoms with Crippen LogP contribution in [-0.2, 0) is 4.79 Å². The SMILES string of the molecule is C[C@@H]1CCN(C(=O)COc2ccccc2Cl)c2ccccc2S1. The molecule has 1 amide bonds. The maximum absolute atomic E-state index is 12.7. The molecular formula is C18H18ClNO2S. The summed E-state index contributed by atoms with van der Waals surface area (Å²) in [4.78, 5) is 15.6. The molecule has 3 nitrogen and oxygen atoms in total. The van der Waals surface area contributed by atoms with Crippen LogP contribution in [0, 0.1) is 0 Å². The molecule has 2 aromatic carbocycles. The van der Waals surface area contributed by atoms with Crippen molar-refractivity contribution < 1.29 is 9.53 Å². The van der Waals surface area contributed by atoms with E-state index in [1.807, 2.05) is 47.0 Å². The number of ether oxygens (including phenoxy) is 1. The van der Waals surface area contributed by atoms with Crippen molar-refractivity contribution in [2.45, 2.75) is 23.5 Å². The van der Waals surface area contributed by atoms with E-state index in [2.05, 4.69) is 13.0 Å². The molecule has 1 aliphatic heterocycles. The molecule has 0 saturated heterocycles. The molecule has 2 aromatic rings. The minimum Gasteiger partial charge on any atom is -0.482 e. The molecule has 0 aromatic heterocycles. The number of carbonyl (C=O) groups is 1. The fraction of sp³-hybridized carbons (Fsp3) is 0.278. The molecule has 0 saturated carbocycles. The van der Waals surface area contributed by atoms with Crippen LogP contribution < -0.4 is 9.64 Å². The zero-order valence-corrected chi connectivity index (χ0v) is 14.4. The van der Waals surface area contributed by atoms with Crippen molar-refractivity contribution >= 4 is 35.0 Å². The normalized spacial score (nSPS) is 17.3. The Balaban J connectivity index is 1.75. The first kappa shape index (κ1) is 16.2. The van der Waals surface area contributed by atoms with E-state index >= 15 is 0 Å². The van der Waals surface area contributed by atoms with Crippen molar-refractivity contribution in [3.8, 4) is 5.75 Å². The van der Waals surface area contributed by atoms with Gasteiger partial charge in [-0.15, -0.1) is 11.8 Å². The number of fused-ring (bicyclic) bond motifs is 1. The van der Waals surface area contributed by atoms with E-state index in [-0.39, 0.29) is 12.5 Å². The van der Waals surface area contributed by atoms with Crippen LogP contribution in [0.25, 0.3) is 0 Å². The van der Waals surface area contributed by atoms with Crippen molar-refractivity contribution in [3.63, 3.8) is 0 Å². The summed E-state index contributed by atoms with van der Waals surface area (Å²) >= 11 is 7.88. The topological polar surface area (TPSA) is 29.5 Å². The summed E-state index contributed by atoms with van der Waals surface area (Å²) in [5.41, 5.74) is 0.967. The van der Waals surface area contributed by atoms with Gasteiger partial charge in [0.15, 0.2) is 6.61 Å². The highest BCUT2D eigenvalue weighted by atomic mass is 35.5. The molecule has 0 fully saturated rings. The van der Waals surface area contributed by atoms with Gasteiger partial charge < -0.3 is 9.64 Å². The Morgan fingerprint density at radius 1 is 1.26 bits per heavy atom. The standard InChI is InChI=1S/C18H18ClNO2S/c1-13-10-11-20(15-7-3-5-9-17(15)23-13)18(21)12-22-16-8-4-2-6-14(16)19/h2-9,13H,10-12H2,1H3/t13-/m1/s1. The summed E-state index contributed by atoms with van der Waals surface area (Å²) in [5.74, 6) is 0.487. The van der Waals surface area contributed by atoms with Gasteiger partial charge in [0.2, 0.25) is 0 Å². The summed E-state index contributed by atoms with van der Waals surface area (Å²) in [7, 11) is 0. The Kier molecular flexibility index (Phi) is 5.13. The van der Waals surface area contributed by atoms with Crippen LogP contribution in [0.2, 0.25) is 5.02 Å². The molecule has 1 heterocycles. The van der Waals surface area contributed by atoms with Gasteiger partial charge in [-0.1, -0.05) is 42.8 Å². The molecule has 0 spiro atoms. The highest BCUT2D eigenvalue weighted by Gasteiger charge is 2.24. The van der Waals surface area contributed by atoms with Gasteiger partial charge in [0.25, 0.3) is 5.91 Å². The average molecular weight is 348 g/mol. The fourth-order valence-corrected chi connectivity index (χ4v) is 3.83. The van der Waals surface area contributed by atoms with E-state index in [0.717, 1.165) is 17.0 Å². The first-order valence-corrected chi connectivity index (χ1v) is 8.84. The highest BCUT2D eigenvalue weighted by Crippen LogP contribution is 2.37. The zero-order valence-electron chi connectivity index (χ0n) is 12.9. The van der Waals surface area contributed by atoms with Gasteiger partial charge in [-0.2, -0.15) is 0 Å². The third kappa shape index (κ3) is 3.82. The lowest BCUT2D eigenvalue weighted by Gasteiger charge is -2.22. The van der Waals surface area contributed by atoms with Crippen LogP contribution in [0.5, 0.6) is 5.75 Å². The van der Waals surface area contributed by atoms with Crippen molar-refractivity contribution in [1.82, 2.24) is 0 Å². The predicted octanol–water partition coefficient (Wildman–Crippen LogP) is 4.64. The molecule has 1 aliphatic rings. The lowest BCUT2D eigenvalue weighted by molar-refractivity contribution is -0.120. The summed E-state index contributed by atoms with van der Waals surface area (Å²) in [6.07, 6.45) is 0.956. The smallest absolute Gasteiger partial charge is 0.264 e. The van der Waals surface area contributed by atoms with Crippen LogP contribution in [0.3, 0.4) is 0 Å². The van der Waals surface area contributed by atoms with Crippen LogP contribution in [0.4, 0.5) is 5.69 Å². The number of halogens is 1. The van der Waals surface area contributed by atoms with E-state index in [9.17, 15) is 4.79 Å².